The van der Waals surface area contributed by atoms with Crippen LogP contribution in [0.3, 0.4) is 0 Å². The summed E-state index contributed by atoms with van der Waals surface area (Å²) >= 11 is 5.66. The number of piperazine rings is 1. The molecule has 1 saturated heterocycles. The smallest absolute Gasteiger partial charge is 0.225 e. The quantitative estimate of drug-likeness (QED) is 0.722. The first-order valence-corrected chi connectivity index (χ1v) is 11.4. The second-order valence-electron chi connectivity index (χ2n) is 8.33. The number of rotatable bonds is 5. The van der Waals surface area contributed by atoms with Crippen LogP contribution in [-0.2, 0) is 11.2 Å². The maximum atomic E-state index is 12.7. The topological polar surface area (TPSA) is 35.6 Å². The lowest BCUT2D eigenvalue weighted by Crippen LogP contribution is -2.53. The Balaban J connectivity index is 1.49. The van der Waals surface area contributed by atoms with Gasteiger partial charge in [0.15, 0.2) is 5.11 Å². The van der Waals surface area contributed by atoms with E-state index in [4.69, 9.17) is 12.2 Å². The van der Waals surface area contributed by atoms with Crippen molar-refractivity contribution in [3.63, 3.8) is 0 Å². The zero-order valence-electron chi connectivity index (χ0n) is 17.5. The van der Waals surface area contributed by atoms with E-state index in [2.05, 4.69) is 47.2 Å². The number of hydrogen-bond acceptors (Lipinski definition) is 2. The lowest BCUT2D eigenvalue weighted by Gasteiger charge is -2.38. The summed E-state index contributed by atoms with van der Waals surface area (Å²) in [4.78, 5) is 17.0. The van der Waals surface area contributed by atoms with E-state index in [1.54, 1.807) is 0 Å². The molecular formula is C23H35N3OS. The molecule has 1 aromatic rings. The fraction of sp³-hybridized carbons (Fsp3) is 0.652. The molecule has 2 aliphatic rings. The molecule has 0 radical (unpaired) electrons. The zero-order chi connectivity index (χ0) is 19.9. The zero-order valence-corrected chi connectivity index (χ0v) is 18.3. The third kappa shape index (κ3) is 5.47. The summed E-state index contributed by atoms with van der Waals surface area (Å²) in [5, 5.41) is 4.20. The number of anilines is 1. The van der Waals surface area contributed by atoms with Crippen LogP contribution in [0, 0.1) is 12.8 Å². The van der Waals surface area contributed by atoms with Crippen LogP contribution >= 0.6 is 12.2 Å². The number of thiocarbonyl (C=S) groups is 1. The second kappa shape index (κ2) is 10.2. The standard InChI is InChI=1S/C23H35N3OS/c1-3-4-8-19-11-12-21(18(2)17-19)24-23(28)26-15-13-25(14-16-26)22(27)20-9-6-5-7-10-20/h11-12,17,20H,3-10,13-16H2,1-2H3,(H,24,28). The van der Waals surface area contributed by atoms with Crippen molar-refractivity contribution in [3.05, 3.63) is 29.3 Å². The minimum atomic E-state index is 0.263. The van der Waals surface area contributed by atoms with Gasteiger partial charge >= 0.3 is 0 Å². The first kappa shape index (κ1) is 21.1. The summed E-state index contributed by atoms with van der Waals surface area (Å²) in [6.45, 7) is 7.57. The molecule has 2 fully saturated rings. The van der Waals surface area contributed by atoms with Crippen LogP contribution in [0.15, 0.2) is 18.2 Å². The molecule has 1 amide bonds. The molecule has 1 saturated carbocycles. The Labute approximate surface area is 175 Å². The van der Waals surface area contributed by atoms with Crippen LogP contribution in [-0.4, -0.2) is 47.0 Å². The van der Waals surface area contributed by atoms with Gasteiger partial charge in [-0.2, -0.15) is 0 Å². The van der Waals surface area contributed by atoms with Crippen molar-refractivity contribution >= 4 is 28.9 Å². The Morgan fingerprint density at radius 2 is 1.79 bits per heavy atom. The van der Waals surface area contributed by atoms with Crippen LogP contribution < -0.4 is 5.32 Å². The lowest BCUT2D eigenvalue weighted by molar-refractivity contribution is -0.137. The number of hydrogen-bond donors (Lipinski definition) is 1. The third-order valence-corrected chi connectivity index (χ3v) is 6.54. The molecule has 0 spiro atoms. The summed E-state index contributed by atoms with van der Waals surface area (Å²) in [7, 11) is 0. The maximum Gasteiger partial charge on any atom is 0.225 e. The van der Waals surface area contributed by atoms with E-state index in [-0.39, 0.29) is 5.92 Å². The Hall–Kier alpha value is -1.62. The summed E-state index contributed by atoms with van der Waals surface area (Å²) in [5.41, 5.74) is 3.72. The minimum absolute atomic E-state index is 0.263. The molecule has 1 heterocycles. The van der Waals surface area contributed by atoms with E-state index in [1.807, 2.05) is 0 Å². The number of nitrogens with zero attached hydrogens (tertiary/aromatic N) is 2. The van der Waals surface area contributed by atoms with Crippen molar-refractivity contribution in [1.29, 1.82) is 0 Å². The van der Waals surface area contributed by atoms with E-state index in [0.29, 0.717) is 5.91 Å². The van der Waals surface area contributed by atoms with Gasteiger partial charge in [0.05, 0.1) is 0 Å². The highest BCUT2D eigenvalue weighted by atomic mass is 32.1. The molecule has 0 aromatic heterocycles. The molecule has 1 aliphatic carbocycles. The Morgan fingerprint density at radius 1 is 1.11 bits per heavy atom. The number of aryl methyl sites for hydroxylation is 2. The highest BCUT2D eigenvalue weighted by Crippen LogP contribution is 2.26. The summed E-state index contributed by atoms with van der Waals surface area (Å²) in [6.07, 6.45) is 9.45. The molecule has 1 aliphatic heterocycles. The molecule has 0 atom stereocenters. The van der Waals surface area contributed by atoms with Crippen LogP contribution in [0.4, 0.5) is 5.69 Å². The normalized spacial score (nSPS) is 18.2. The fourth-order valence-corrected chi connectivity index (χ4v) is 4.63. The van der Waals surface area contributed by atoms with E-state index in [1.165, 1.54) is 43.2 Å². The van der Waals surface area contributed by atoms with Gasteiger partial charge in [-0.3, -0.25) is 4.79 Å². The fourth-order valence-electron chi connectivity index (χ4n) is 4.33. The monoisotopic (exact) mass is 401 g/mol. The Kier molecular flexibility index (Phi) is 7.72. The van der Waals surface area contributed by atoms with Gasteiger partial charge in [0.25, 0.3) is 0 Å². The predicted molar refractivity (Wildman–Crippen MR) is 121 cm³/mol. The van der Waals surface area contributed by atoms with Crippen molar-refractivity contribution in [3.8, 4) is 0 Å². The van der Waals surface area contributed by atoms with Crippen molar-refractivity contribution in [2.75, 3.05) is 31.5 Å². The minimum Gasteiger partial charge on any atom is -0.345 e. The molecule has 5 heteroatoms. The summed E-state index contributed by atoms with van der Waals surface area (Å²) < 4.78 is 0. The number of benzene rings is 1. The first-order valence-electron chi connectivity index (χ1n) is 11.0. The molecule has 4 nitrogen and oxygen atoms in total. The van der Waals surface area contributed by atoms with Crippen molar-refractivity contribution in [1.82, 2.24) is 9.80 Å². The molecule has 1 aromatic carbocycles. The number of carbonyl (C=O) groups excluding carboxylic acids is 1. The molecular weight excluding hydrogens is 366 g/mol. The van der Waals surface area contributed by atoms with Crippen molar-refractivity contribution in [2.45, 2.75) is 65.2 Å². The second-order valence-corrected chi connectivity index (χ2v) is 8.72. The van der Waals surface area contributed by atoms with Crippen LogP contribution in [0.5, 0.6) is 0 Å². The van der Waals surface area contributed by atoms with Crippen LogP contribution in [0.1, 0.15) is 63.0 Å². The van der Waals surface area contributed by atoms with Crippen LogP contribution in [0.2, 0.25) is 0 Å². The first-order chi connectivity index (χ1) is 13.6. The van der Waals surface area contributed by atoms with E-state index >= 15 is 0 Å². The SMILES string of the molecule is CCCCc1ccc(NC(=S)N2CCN(C(=O)C3CCCCC3)CC2)c(C)c1. The van der Waals surface area contributed by atoms with Crippen LogP contribution in [0.25, 0.3) is 0 Å². The van der Waals surface area contributed by atoms with Crippen molar-refractivity contribution in [2.24, 2.45) is 5.92 Å². The van der Waals surface area contributed by atoms with Gasteiger partial charge < -0.3 is 15.1 Å². The van der Waals surface area contributed by atoms with Gasteiger partial charge in [-0.15, -0.1) is 0 Å². The highest BCUT2D eigenvalue weighted by Gasteiger charge is 2.29. The summed E-state index contributed by atoms with van der Waals surface area (Å²) in [6, 6.07) is 6.62. The average molecular weight is 402 g/mol. The molecule has 0 unspecified atom stereocenters. The Bertz CT molecular complexity index is 676. The van der Waals surface area contributed by atoms with E-state index in [0.717, 1.165) is 56.2 Å². The van der Waals surface area contributed by atoms with Crippen molar-refractivity contribution < 1.29 is 4.79 Å². The Morgan fingerprint density at radius 3 is 2.43 bits per heavy atom. The van der Waals surface area contributed by atoms with Gasteiger partial charge in [-0.1, -0.05) is 44.7 Å². The predicted octanol–water partition coefficient (Wildman–Crippen LogP) is 4.76. The van der Waals surface area contributed by atoms with Gasteiger partial charge in [-0.05, 0) is 62.0 Å². The molecule has 154 valence electrons. The number of nitrogens with one attached hydrogen (secondary N) is 1. The molecule has 0 bridgehead atoms. The van der Waals surface area contributed by atoms with Gasteiger partial charge in [-0.25, -0.2) is 0 Å². The lowest BCUT2D eigenvalue weighted by atomic mass is 9.88. The molecule has 1 N–H and O–H groups in total. The maximum absolute atomic E-state index is 12.7. The third-order valence-electron chi connectivity index (χ3n) is 6.18. The average Bonchev–Trinajstić information content (AvgIpc) is 2.74. The van der Waals surface area contributed by atoms with Gasteiger partial charge in [0.2, 0.25) is 5.91 Å². The number of carbonyl (C=O) groups is 1. The number of unbranched alkanes of at least 4 members (excludes halogenated alkanes) is 1. The largest absolute Gasteiger partial charge is 0.345 e. The van der Waals surface area contributed by atoms with E-state index < -0.39 is 0 Å². The highest BCUT2D eigenvalue weighted by molar-refractivity contribution is 7.80. The van der Waals surface area contributed by atoms with Gasteiger partial charge in [0.1, 0.15) is 0 Å². The number of amides is 1. The molecule has 28 heavy (non-hydrogen) atoms. The summed E-state index contributed by atoms with van der Waals surface area (Å²) in [5.74, 6) is 0.635. The van der Waals surface area contributed by atoms with E-state index in [9.17, 15) is 4.79 Å². The molecule has 3 rings (SSSR count). The van der Waals surface area contributed by atoms with Gasteiger partial charge in [0, 0.05) is 37.8 Å².